The number of nitrogens with two attached hydrogens (primary N) is 1. The maximum absolute atomic E-state index is 5.59. The maximum Gasteiger partial charge on any atom is 0.205 e. The van der Waals surface area contributed by atoms with Crippen LogP contribution in [0.15, 0.2) is 34.7 Å². The molecule has 2 aromatic rings. The van der Waals surface area contributed by atoms with Crippen molar-refractivity contribution >= 4 is 28.5 Å². The fourth-order valence-electron chi connectivity index (χ4n) is 1.82. The first-order valence-corrected chi connectivity index (χ1v) is 7.64. The minimum Gasteiger partial charge on any atom is -0.488 e. The molecule has 1 aliphatic rings. The molecule has 0 saturated carbocycles. The number of benzene rings is 1. The molecule has 0 bridgehead atoms. The van der Waals surface area contributed by atoms with E-state index in [0.29, 0.717) is 30.8 Å². The molecule has 0 unspecified atom stereocenters. The van der Waals surface area contributed by atoms with Gasteiger partial charge in [-0.3, -0.25) is 5.43 Å². The molecule has 3 N–H and O–H groups in total. The summed E-state index contributed by atoms with van der Waals surface area (Å²) in [6.45, 7) is 1.64. The Balaban J connectivity index is 1.48. The number of nitrogens with zero attached hydrogens (tertiary/aromatic N) is 2. The predicted molar refractivity (Wildman–Crippen MR) is 85.4 cm³/mol. The molecule has 3 rings (SSSR count). The molecule has 7 nitrogen and oxygen atoms in total. The molecule has 116 valence electrons. The van der Waals surface area contributed by atoms with Crippen LogP contribution in [-0.4, -0.2) is 37.3 Å². The third kappa shape index (κ3) is 4.17. The Morgan fingerprint density at radius 2 is 2.14 bits per heavy atom. The highest BCUT2D eigenvalue weighted by molar-refractivity contribution is 7.14. The van der Waals surface area contributed by atoms with Gasteiger partial charge in [-0.15, -0.1) is 11.3 Å². The Bertz CT molecular complexity index is 623. The summed E-state index contributed by atoms with van der Waals surface area (Å²) in [5, 5.41) is 6.51. The molecular weight excluding hydrogens is 304 g/mol. The molecule has 1 fully saturated rings. The lowest BCUT2D eigenvalue weighted by molar-refractivity contribution is -0.0684. The topological polar surface area (TPSA) is 91.0 Å². The van der Waals surface area contributed by atoms with Crippen LogP contribution in [0.1, 0.15) is 5.56 Å². The second kappa shape index (κ2) is 7.21. The Kier molecular flexibility index (Phi) is 4.84. The van der Waals surface area contributed by atoms with Crippen molar-refractivity contribution < 1.29 is 14.2 Å². The maximum atomic E-state index is 5.59. The van der Waals surface area contributed by atoms with Gasteiger partial charge in [-0.2, -0.15) is 5.10 Å². The number of nitrogen functional groups attached to an aromatic ring is 1. The van der Waals surface area contributed by atoms with E-state index in [1.165, 1.54) is 11.3 Å². The second-order valence-corrected chi connectivity index (χ2v) is 5.36. The van der Waals surface area contributed by atoms with Crippen molar-refractivity contribution in [1.82, 2.24) is 4.98 Å². The summed E-state index contributed by atoms with van der Waals surface area (Å²) in [5.74, 6) is 1.25. The van der Waals surface area contributed by atoms with E-state index in [1.807, 2.05) is 24.3 Å². The van der Waals surface area contributed by atoms with Crippen LogP contribution in [0.4, 0.5) is 10.9 Å². The van der Waals surface area contributed by atoms with Crippen molar-refractivity contribution in [1.29, 1.82) is 0 Å². The van der Waals surface area contributed by atoms with Crippen molar-refractivity contribution in [3.63, 3.8) is 0 Å². The summed E-state index contributed by atoms with van der Waals surface area (Å²) in [4.78, 5) is 4.05. The highest BCUT2D eigenvalue weighted by Gasteiger charge is 2.16. The molecule has 0 atom stereocenters. The number of thiazole rings is 1. The first-order chi connectivity index (χ1) is 10.8. The summed E-state index contributed by atoms with van der Waals surface area (Å²) >= 11 is 1.40. The third-order valence-corrected chi connectivity index (χ3v) is 3.62. The van der Waals surface area contributed by atoms with Gasteiger partial charge >= 0.3 is 0 Å². The number of ether oxygens (including phenoxy) is 3. The average Bonchev–Trinajstić information content (AvgIpc) is 3.18. The summed E-state index contributed by atoms with van der Waals surface area (Å²) in [7, 11) is 0. The smallest absolute Gasteiger partial charge is 0.205 e. The highest BCUT2D eigenvalue weighted by atomic mass is 32.1. The number of hydrogen-bond acceptors (Lipinski definition) is 8. The van der Waals surface area contributed by atoms with Crippen LogP contribution in [0.25, 0.3) is 0 Å². The molecule has 0 spiro atoms. The fourth-order valence-corrected chi connectivity index (χ4v) is 2.37. The summed E-state index contributed by atoms with van der Waals surface area (Å²) < 4.78 is 16.2. The zero-order valence-electron chi connectivity index (χ0n) is 11.8. The van der Waals surface area contributed by atoms with Gasteiger partial charge in [0.1, 0.15) is 18.2 Å². The van der Waals surface area contributed by atoms with E-state index < -0.39 is 0 Å². The molecule has 0 amide bonds. The van der Waals surface area contributed by atoms with Crippen LogP contribution < -0.4 is 15.9 Å². The van der Waals surface area contributed by atoms with Crippen molar-refractivity contribution in [2.45, 2.75) is 6.29 Å². The van der Waals surface area contributed by atoms with Gasteiger partial charge in [0.25, 0.3) is 0 Å². The highest BCUT2D eigenvalue weighted by Crippen LogP contribution is 2.16. The normalized spacial score (nSPS) is 15.5. The van der Waals surface area contributed by atoms with Crippen LogP contribution in [0.2, 0.25) is 0 Å². The lowest BCUT2D eigenvalue weighted by Crippen LogP contribution is -2.18. The van der Waals surface area contributed by atoms with E-state index in [-0.39, 0.29) is 6.29 Å². The largest absolute Gasteiger partial charge is 0.488 e. The summed E-state index contributed by atoms with van der Waals surface area (Å²) in [6.07, 6.45) is 1.43. The van der Waals surface area contributed by atoms with Crippen molar-refractivity contribution in [3.8, 4) is 5.75 Å². The monoisotopic (exact) mass is 320 g/mol. The van der Waals surface area contributed by atoms with E-state index in [2.05, 4.69) is 15.5 Å². The predicted octanol–water partition coefficient (Wildman–Crippen LogP) is 1.92. The van der Waals surface area contributed by atoms with Crippen molar-refractivity contribution in [3.05, 3.63) is 35.2 Å². The Labute approximate surface area is 131 Å². The van der Waals surface area contributed by atoms with Crippen molar-refractivity contribution in [2.75, 3.05) is 31.0 Å². The van der Waals surface area contributed by atoms with E-state index in [0.717, 1.165) is 11.3 Å². The Hall–Kier alpha value is -2.16. The number of rotatable bonds is 6. The van der Waals surface area contributed by atoms with Crippen LogP contribution >= 0.6 is 11.3 Å². The first kappa shape index (κ1) is 14.8. The number of nitrogens with one attached hydrogen (secondary N) is 1. The van der Waals surface area contributed by atoms with Gasteiger partial charge in [0, 0.05) is 5.38 Å². The molecule has 1 aromatic heterocycles. The molecule has 8 heteroatoms. The lowest BCUT2D eigenvalue weighted by Gasteiger charge is -2.10. The van der Waals surface area contributed by atoms with E-state index in [4.69, 9.17) is 19.9 Å². The summed E-state index contributed by atoms with van der Waals surface area (Å²) in [5.41, 5.74) is 9.29. The minimum absolute atomic E-state index is 0.267. The lowest BCUT2D eigenvalue weighted by atomic mass is 10.2. The van der Waals surface area contributed by atoms with Gasteiger partial charge in [-0.25, -0.2) is 4.98 Å². The molecule has 0 radical (unpaired) electrons. The van der Waals surface area contributed by atoms with E-state index in [9.17, 15) is 0 Å². The number of aromatic nitrogens is 1. The first-order valence-electron chi connectivity index (χ1n) is 6.76. The Morgan fingerprint density at radius 1 is 1.36 bits per heavy atom. The number of hydrogen-bond donors (Lipinski definition) is 2. The van der Waals surface area contributed by atoms with Gasteiger partial charge < -0.3 is 19.9 Å². The minimum atomic E-state index is -0.267. The zero-order chi connectivity index (χ0) is 15.2. The van der Waals surface area contributed by atoms with Crippen LogP contribution in [0.5, 0.6) is 5.75 Å². The van der Waals surface area contributed by atoms with E-state index >= 15 is 0 Å². The van der Waals surface area contributed by atoms with Crippen molar-refractivity contribution in [2.24, 2.45) is 5.10 Å². The van der Waals surface area contributed by atoms with Crippen LogP contribution in [0.3, 0.4) is 0 Å². The quantitative estimate of drug-likeness (QED) is 0.624. The van der Waals surface area contributed by atoms with E-state index in [1.54, 1.807) is 11.6 Å². The second-order valence-electron chi connectivity index (χ2n) is 4.50. The van der Waals surface area contributed by atoms with Crippen LogP contribution in [0, 0.1) is 0 Å². The molecular formula is C14H16N4O3S. The average molecular weight is 320 g/mol. The molecule has 1 saturated heterocycles. The van der Waals surface area contributed by atoms with Gasteiger partial charge in [0.15, 0.2) is 6.29 Å². The Morgan fingerprint density at radius 3 is 2.82 bits per heavy atom. The molecule has 1 aromatic carbocycles. The van der Waals surface area contributed by atoms with Crippen LogP contribution in [-0.2, 0) is 9.47 Å². The molecule has 22 heavy (non-hydrogen) atoms. The standard InChI is InChI=1S/C14H16N4O3S/c15-12-9-22-14(17-12)18-16-7-10-1-3-11(4-2-10)21-8-13-19-5-6-20-13/h1-4,7,9,13H,5-6,8,15H2,(H,17,18). The van der Waals surface area contributed by atoms with Gasteiger partial charge in [-0.05, 0) is 29.8 Å². The zero-order valence-corrected chi connectivity index (χ0v) is 12.6. The molecule has 1 aliphatic heterocycles. The third-order valence-electron chi connectivity index (χ3n) is 2.85. The van der Waals surface area contributed by atoms with Gasteiger partial charge in [0.2, 0.25) is 5.13 Å². The SMILES string of the molecule is Nc1csc(NN=Cc2ccc(OCC3OCCO3)cc2)n1. The van der Waals surface area contributed by atoms with Gasteiger partial charge in [0.05, 0.1) is 19.4 Å². The number of hydrazone groups is 1. The number of anilines is 2. The summed E-state index contributed by atoms with van der Waals surface area (Å²) in [6, 6.07) is 7.57. The fraction of sp³-hybridized carbons (Fsp3) is 0.286. The molecule has 0 aliphatic carbocycles. The van der Waals surface area contributed by atoms with Gasteiger partial charge in [-0.1, -0.05) is 0 Å². The molecule has 2 heterocycles.